The van der Waals surface area contributed by atoms with Gasteiger partial charge in [-0.2, -0.15) is 0 Å². The van der Waals surface area contributed by atoms with Crippen molar-refractivity contribution >= 4 is 21.8 Å². The summed E-state index contributed by atoms with van der Waals surface area (Å²) >= 11 is 0. The van der Waals surface area contributed by atoms with Crippen LogP contribution in [0.15, 0.2) is 29.2 Å². The summed E-state index contributed by atoms with van der Waals surface area (Å²) in [4.78, 5) is 20.0. The highest BCUT2D eigenvalue weighted by Crippen LogP contribution is 2.22. The maximum absolute atomic E-state index is 12.1. The van der Waals surface area contributed by atoms with Crippen molar-refractivity contribution in [3.8, 4) is 0 Å². The average molecular weight is 345 g/mol. The second-order valence-electron chi connectivity index (χ2n) is 4.77. The number of nitro groups is 1. The molecule has 0 heterocycles. The molecule has 1 rings (SSSR count). The molecule has 0 saturated heterocycles. The lowest BCUT2D eigenvalue weighted by Gasteiger charge is -2.07. The summed E-state index contributed by atoms with van der Waals surface area (Å²) in [7, 11) is -3.93. The van der Waals surface area contributed by atoms with Crippen LogP contribution < -0.4 is 10.0 Å². The lowest BCUT2D eigenvalue weighted by molar-refractivity contribution is -0.387. The van der Waals surface area contributed by atoms with Crippen LogP contribution in [0.3, 0.4) is 0 Å². The SMILES string of the molecule is O=C(O)NCCCCCCNS(=O)(=O)c1ccccc1[N+](=O)[O-]. The van der Waals surface area contributed by atoms with E-state index in [4.69, 9.17) is 5.11 Å². The zero-order valence-electron chi connectivity index (χ0n) is 12.4. The minimum Gasteiger partial charge on any atom is -0.465 e. The molecule has 128 valence electrons. The first-order chi connectivity index (χ1) is 10.8. The molecule has 9 nitrogen and oxygen atoms in total. The third-order valence-corrected chi connectivity index (χ3v) is 4.53. The van der Waals surface area contributed by atoms with Gasteiger partial charge in [-0.1, -0.05) is 25.0 Å². The summed E-state index contributed by atoms with van der Waals surface area (Å²) in [6.45, 7) is 0.526. The molecule has 0 saturated carbocycles. The first-order valence-electron chi connectivity index (χ1n) is 7.04. The Labute approximate surface area is 133 Å². The molecule has 1 amide bonds. The summed E-state index contributed by atoms with van der Waals surface area (Å²) in [5.74, 6) is 0. The molecule has 0 atom stereocenters. The van der Waals surface area contributed by atoms with Gasteiger partial charge in [-0.25, -0.2) is 17.9 Å². The van der Waals surface area contributed by atoms with Gasteiger partial charge in [0, 0.05) is 19.2 Å². The van der Waals surface area contributed by atoms with Crippen molar-refractivity contribution < 1.29 is 23.2 Å². The minimum absolute atomic E-state index is 0.167. The molecule has 0 radical (unpaired) electrons. The third-order valence-electron chi connectivity index (χ3n) is 3.02. The minimum atomic E-state index is -3.93. The molecule has 10 heteroatoms. The average Bonchev–Trinajstić information content (AvgIpc) is 2.49. The van der Waals surface area contributed by atoms with Crippen molar-refractivity contribution in [2.75, 3.05) is 13.1 Å². The molecule has 0 unspecified atom stereocenters. The van der Waals surface area contributed by atoms with E-state index >= 15 is 0 Å². The van der Waals surface area contributed by atoms with Crippen LogP contribution in [0, 0.1) is 10.1 Å². The number of nitrogens with one attached hydrogen (secondary N) is 2. The number of carboxylic acid groups (broad SMARTS) is 1. The molecule has 0 aliphatic rings. The van der Waals surface area contributed by atoms with Crippen molar-refractivity contribution in [1.82, 2.24) is 10.0 Å². The number of nitro benzene ring substituents is 1. The molecule has 0 spiro atoms. The molecule has 0 aliphatic heterocycles. The molecule has 23 heavy (non-hydrogen) atoms. The van der Waals surface area contributed by atoms with Gasteiger partial charge in [0.25, 0.3) is 5.69 Å². The maximum atomic E-state index is 12.1. The van der Waals surface area contributed by atoms with Gasteiger partial charge in [-0.05, 0) is 18.9 Å². The second kappa shape index (κ2) is 9.06. The number of sulfonamides is 1. The summed E-state index contributed by atoms with van der Waals surface area (Å²) in [5, 5.41) is 21.5. The molecule has 0 aromatic heterocycles. The highest BCUT2D eigenvalue weighted by Gasteiger charge is 2.24. The van der Waals surface area contributed by atoms with Crippen molar-refractivity contribution in [3.63, 3.8) is 0 Å². The highest BCUT2D eigenvalue weighted by atomic mass is 32.2. The van der Waals surface area contributed by atoms with Crippen LogP contribution in [-0.2, 0) is 10.0 Å². The first kappa shape index (κ1) is 18.8. The number of amides is 1. The van der Waals surface area contributed by atoms with Gasteiger partial charge in [0.15, 0.2) is 4.90 Å². The fourth-order valence-corrected chi connectivity index (χ4v) is 3.16. The normalized spacial score (nSPS) is 11.1. The van der Waals surface area contributed by atoms with Gasteiger partial charge in [0.2, 0.25) is 10.0 Å². The zero-order chi connectivity index (χ0) is 17.3. The number of nitrogens with zero attached hydrogens (tertiary/aromatic N) is 1. The van der Waals surface area contributed by atoms with E-state index in [1.807, 2.05) is 0 Å². The number of rotatable bonds is 10. The van der Waals surface area contributed by atoms with Crippen LogP contribution in [0.2, 0.25) is 0 Å². The fourth-order valence-electron chi connectivity index (χ4n) is 1.92. The number of para-hydroxylation sites is 1. The van der Waals surface area contributed by atoms with Gasteiger partial charge >= 0.3 is 6.09 Å². The molecule has 1 aromatic carbocycles. The summed E-state index contributed by atoms with van der Waals surface area (Å²) in [6, 6.07) is 5.17. The Morgan fingerprint density at radius 1 is 1.13 bits per heavy atom. The Kier molecular flexibility index (Phi) is 7.42. The number of benzene rings is 1. The van der Waals surface area contributed by atoms with E-state index in [0.717, 1.165) is 18.9 Å². The van der Waals surface area contributed by atoms with Crippen LogP contribution in [0.1, 0.15) is 25.7 Å². The quantitative estimate of drug-likeness (QED) is 0.335. The zero-order valence-corrected chi connectivity index (χ0v) is 13.2. The van der Waals surface area contributed by atoms with Gasteiger partial charge in [-0.15, -0.1) is 0 Å². The molecule has 3 N–H and O–H groups in total. The molecular weight excluding hydrogens is 326 g/mol. The van der Waals surface area contributed by atoms with Crippen LogP contribution >= 0.6 is 0 Å². The van der Waals surface area contributed by atoms with E-state index in [1.54, 1.807) is 0 Å². The first-order valence-corrected chi connectivity index (χ1v) is 8.53. The summed E-state index contributed by atoms with van der Waals surface area (Å²) in [5.41, 5.74) is -0.459. The van der Waals surface area contributed by atoms with Crippen molar-refractivity contribution in [1.29, 1.82) is 0 Å². The number of carbonyl (C=O) groups is 1. The second-order valence-corrected chi connectivity index (χ2v) is 6.50. The summed E-state index contributed by atoms with van der Waals surface area (Å²) in [6.07, 6.45) is 1.65. The molecular formula is C13H19N3O6S. The van der Waals surface area contributed by atoms with Crippen LogP contribution in [0.4, 0.5) is 10.5 Å². The van der Waals surface area contributed by atoms with E-state index in [9.17, 15) is 23.3 Å². The Morgan fingerprint density at radius 3 is 2.35 bits per heavy atom. The van der Waals surface area contributed by atoms with Crippen LogP contribution in [-0.4, -0.2) is 37.6 Å². The molecule has 0 aliphatic carbocycles. The van der Waals surface area contributed by atoms with Crippen LogP contribution in [0.25, 0.3) is 0 Å². The van der Waals surface area contributed by atoms with E-state index in [2.05, 4.69) is 10.0 Å². The number of unbranched alkanes of at least 4 members (excludes halogenated alkanes) is 3. The maximum Gasteiger partial charge on any atom is 0.404 e. The smallest absolute Gasteiger partial charge is 0.404 e. The van der Waals surface area contributed by atoms with E-state index in [0.29, 0.717) is 19.4 Å². The number of hydrogen-bond acceptors (Lipinski definition) is 5. The largest absolute Gasteiger partial charge is 0.465 e. The monoisotopic (exact) mass is 345 g/mol. The Balaban J connectivity index is 2.40. The predicted molar refractivity (Wildman–Crippen MR) is 82.8 cm³/mol. The van der Waals surface area contributed by atoms with Gasteiger partial charge in [0.1, 0.15) is 0 Å². The topological polar surface area (TPSA) is 139 Å². The molecule has 1 aromatic rings. The highest BCUT2D eigenvalue weighted by molar-refractivity contribution is 7.89. The van der Waals surface area contributed by atoms with Gasteiger partial charge in [0.05, 0.1) is 4.92 Å². The van der Waals surface area contributed by atoms with Crippen molar-refractivity contribution in [2.45, 2.75) is 30.6 Å². The van der Waals surface area contributed by atoms with Gasteiger partial charge < -0.3 is 10.4 Å². The fraction of sp³-hybridized carbons (Fsp3) is 0.462. The molecule has 0 fully saturated rings. The Morgan fingerprint density at radius 2 is 1.74 bits per heavy atom. The molecule has 0 bridgehead atoms. The van der Waals surface area contributed by atoms with E-state index < -0.39 is 26.7 Å². The van der Waals surface area contributed by atoms with Crippen LogP contribution in [0.5, 0.6) is 0 Å². The lowest BCUT2D eigenvalue weighted by atomic mass is 10.2. The lowest BCUT2D eigenvalue weighted by Crippen LogP contribution is -2.25. The predicted octanol–water partition coefficient (Wildman–Crippen LogP) is 1.70. The van der Waals surface area contributed by atoms with Gasteiger partial charge in [-0.3, -0.25) is 10.1 Å². The third kappa shape index (κ3) is 6.61. The van der Waals surface area contributed by atoms with Crippen molar-refractivity contribution in [3.05, 3.63) is 34.4 Å². The Bertz CT molecular complexity index is 647. The van der Waals surface area contributed by atoms with E-state index in [-0.39, 0.29) is 11.4 Å². The standard InChI is InChI=1S/C13H19N3O6S/c17-13(18)14-9-5-1-2-6-10-15-23(21,22)12-8-4-3-7-11(12)16(19)20/h3-4,7-8,14-15H,1-2,5-6,9-10H2,(H,17,18). The summed E-state index contributed by atoms with van der Waals surface area (Å²) < 4.78 is 26.5. The Hall–Kier alpha value is -2.20. The van der Waals surface area contributed by atoms with E-state index in [1.165, 1.54) is 18.2 Å². The number of hydrogen-bond donors (Lipinski definition) is 3. The van der Waals surface area contributed by atoms with Crippen molar-refractivity contribution in [2.24, 2.45) is 0 Å².